The van der Waals surface area contributed by atoms with Crippen molar-refractivity contribution in [3.63, 3.8) is 0 Å². The molecule has 13 heteroatoms. The molecule has 1 aliphatic rings. The first kappa shape index (κ1) is 25.1. The first-order valence-corrected chi connectivity index (χ1v) is 11.2. The number of para-hydroxylation sites is 3. The predicted octanol–water partition coefficient (Wildman–Crippen LogP) is 3.88. The van der Waals surface area contributed by atoms with E-state index in [0.29, 0.717) is 28.6 Å². The zero-order valence-corrected chi connectivity index (χ0v) is 20.2. The highest BCUT2D eigenvalue weighted by atomic mass is 32.1. The summed E-state index contributed by atoms with van der Waals surface area (Å²) in [5.41, 5.74) is 3.68. The second kappa shape index (κ2) is 11.1. The summed E-state index contributed by atoms with van der Waals surface area (Å²) < 4.78 is 10.9. The number of methoxy groups -OCH3 is 1. The lowest BCUT2D eigenvalue weighted by molar-refractivity contribution is -0.385. The molecule has 0 atom stereocenters. The Morgan fingerprint density at radius 2 is 1.92 bits per heavy atom. The Morgan fingerprint density at radius 1 is 1.16 bits per heavy atom. The minimum Gasteiger partial charge on any atom is -0.495 e. The van der Waals surface area contributed by atoms with Crippen molar-refractivity contribution >= 4 is 58.2 Å². The van der Waals surface area contributed by atoms with Gasteiger partial charge in [0.2, 0.25) is 0 Å². The van der Waals surface area contributed by atoms with Crippen LogP contribution >= 0.6 is 12.2 Å². The zero-order valence-electron chi connectivity index (χ0n) is 19.3. The number of nitrogens with one attached hydrogen (secondary N) is 3. The normalized spacial score (nSPS) is 12.4. The number of anilines is 3. The smallest absolute Gasteiger partial charge is 0.339 e. The molecule has 0 unspecified atom stereocenters. The van der Waals surface area contributed by atoms with E-state index in [1.807, 2.05) is 6.07 Å². The van der Waals surface area contributed by atoms with Crippen LogP contribution in [-0.2, 0) is 4.79 Å². The number of fused-ring (bicyclic) bond motifs is 1. The van der Waals surface area contributed by atoms with E-state index in [1.165, 1.54) is 42.5 Å². The Hall–Kier alpha value is -5.04. The third-order valence-electron chi connectivity index (χ3n) is 5.11. The fourth-order valence-electron chi connectivity index (χ4n) is 3.45. The van der Waals surface area contributed by atoms with Gasteiger partial charge in [-0.15, -0.1) is 0 Å². The molecule has 0 aliphatic carbocycles. The van der Waals surface area contributed by atoms with Crippen molar-refractivity contribution in [1.82, 2.24) is 5.43 Å². The van der Waals surface area contributed by atoms with Gasteiger partial charge < -0.3 is 20.1 Å². The number of rotatable bonds is 6. The topological polar surface area (TPSA) is 147 Å². The summed E-state index contributed by atoms with van der Waals surface area (Å²) in [6.45, 7) is -0.253. The van der Waals surface area contributed by atoms with Gasteiger partial charge in [0, 0.05) is 17.8 Å². The quantitative estimate of drug-likeness (QED) is 0.192. The lowest BCUT2D eigenvalue weighted by Gasteiger charge is -2.30. The molecule has 1 heterocycles. The van der Waals surface area contributed by atoms with Crippen LogP contribution in [0.15, 0.2) is 71.8 Å². The van der Waals surface area contributed by atoms with Crippen LogP contribution in [0.25, 0.3) is 0 Å². The van der Waals surface area contributed by atoms with Gasteiger partial charge in [0.05, 0.1) is 35.2 Å². The summed E-state index contributed by atoms with van der Waals surface area (Å²) in [4.78, 5) is 36.7. The van der Waals surface area contributed by atoms with Crippen LogP contribution in [0.5, 0.6) is 11.5 Å². The van der Waals surface area contributed by atoms with Gasteiger partial charge in [0.15, 0.2) is 11.7 Å². The second-order valence-electron chi connectivity index (χ2n) is 7.47. The first-order valence-electron chi connectivity index (χ1n) is 10.7. The number of amides is 3. The number of carbonyl (C=O) groups excluding carboxylic acids is 2. The third-order valence-corrected chi connectivity index (χ3v) is 5.40. The molecule has 0 fully saturated rings. The second-order valence-corrected chi connectivity index (χ2v) is 7.86. The highest BCUT2D eigenvalue weighted by Crippen LogP contribution is 2.35. The Balaban J connectivity index is 1.44. The van der Waals surface area contributed by atoms with E-state index in [2.05, 4.69) is 21.2 Å². The van der Waals surface area contributed by atoms with Crippen molar-refractivity contribution in [2.75, 3.05) is 29.3 Å². The highest BCUT2D eigenvalue weighted by molar-refractivity contribution is 7.80. The van der Waals surface area contributed by atoms with E-state index in [4.69, 9.17) is 21.7 Å². The van der Waals surface area contributed by atoms with Gasteiger partial charge in [0.25, 0.3) is 11.6 Å². The van der Waals surface area contributed by atoms with Crippen molar-refractivity contribution in [2.24, 2.45) is 5.10 Å². The van der Waals surface area contributed by atoms with Crippen molar-refractivity contribution in [1.29, 1.82) is 0 Å². The van der Waals surface area contributed by atoms with E-state index < -0.39 is 11.0 Å². The van der Waals surface area contributed by atoms with Gasteiger partial charge in [-0.05, 0) is 42.5 Å². The lowest BCUT2D eigenvalue weighted by atomic mass is 10.2. The van der Waals surface area contributed by atoms with E-state index in [9.17, 15) is 19.7 Å². The van der Waals surface area contributed by atoms with Crippen LogP contribution in [0, 0.1) is 10.1 Å². The minimum absolute atomic E-state index is 0.127. The van der Waals surface area contributed by atoms with Crippen LogP contribution in [0.1, 0.15) is 5.56 Å². The summed E-state index contributed by atoms with van der Waals surface area (Å²) in [5, 5.41) is 20.6. The average molecular weight is 521 g/mol. The zero-order chi connectivity index (χ0) is 26.4. The average Bonchev–Trinajstić information content (AvgIpc) is 2.89. The van der Waals surface area contributed by atoms with Crippen molar-refractivity contribution in [3.05, 3.63) is 82.4 Å². The van der Waals surface area contributed by atoms with E-state index >= 15 is 0 Å². The molecule has 0 spiro atoms. The number of benzene rings is 3. The Morgan fingerprint density at radius 3 is 2.70 bits per heavy atom. The number of nitrogens with zero attached hydrogens (tertiary/aromatic N) is 3. The minimum atomic E-state index is -0.688. The molecule has 3 aromatic rings. The van der Waals surface area contributed by atoms with Gasteiger partial charge in [-0.25, -0.2) is 10.2 Å². The first-order chi connectivity index (χ1) is 17.9. The van der Waals surface area contributed by atoms with Gasteiger partial charge in [-0.1, -0.05) is 24.3 Å². The summed E-state index contributed by atoms with van der Waals surface area (Å²) in [6, 6.07) is 17.1. The molecule has 3 amide bonds. The Labute approximate surface area is 216 Å². The standard InChI is InChI=1S/C24H20N6O6S/c1-35-20-9-5-3-7-17(20)27-24(37)29-19-11-10-16(12-21(19)36-14-22(29)31)26-23(32)28-25-13-15-6-2-4-8-18(15)30(33)34/h2-13H,14H2,1H3,(H,27,37)(H2,26,28,32)/b25-13+. The van der Waals surface area contributed by atoms with E-state index in [-0.39, 0.29) is 28.9 Å². The molecule has 0 aromatic heterocycles. The van der Waals surface area contributed by atoms with Crippen molar-refractivity contribution in [2.45, 2.75) is 0 Å². The van der Waals surface area contributed by atoms with Crippen molar-refractivity contribution in [3.8, 4) is 11.5 Å². The SMILES string of the molecule is COc1ccccc1NC(=S)N1C(=O)COc2cc(NC(=O)N/N=C/c3ccccc3[N+](=O)[O-])ccc21. The lowest BCUT2D eigenvalue weighted by Crippen LogP contribution is -2.45. The van der Waals surface area contributed by atoms with Crippen LogP contribution < -0.4 is 30.4 Å². The molecule has 0 saturated heterocycles. The predicted molar refractivity (Wildman–Crippen MR) is 141 cm³/mol. The molecule has 0 saturated carbocycles. The number of hydrogen-bond donors (Lipinski definition) is 3. The maximum atomic E-state index is 12.6. The molecule has 1 aliphatic heterocycles. The van der Waals surface area contributed by atoms with Gasteiger partial charge >= 0.3 is 6.03 Å². The fourth-order valence-corrected chi connectivity index (χ4v) is 3.76. The fraction of sp³-hybridized carbons (Fsp3) is 0.0833. The monoisotopic (exact) mass is 520 g/mol. The summed E-state index contributed by atoms with van der Waals surface area (Å²) >= 11 is 5.48. The molecule has 188 valence electrons. The Bertz CT molecular complexity index is 1410. The largest absolute Gasteiger partial charge is 0.495 e. The summed E-state index contributed by atoms with van der Waals surface area (Å²) in [7, 11) is 1.53. The number of thiocarbonyl (C=S) groups is 1. The molecule has 0 radical (unpaired) electrons. The third kappa shape index (κ3) is 5.79. The van der Waals surface area contributed by atoms with Crippen molar-refractivity contribution < 1.29 is 24.0 Å². The summed E-state index contributed by atoms with van der Waals surface area (Å²) in [5.74, 6) is 0.508. The maximum Gasteiger partial charge on any atom is 0.339 e. The number of nitro benzene ring substituents is 1. The van der Waals surface area contributed by atoms with Crippen LogP contribution in [0.3, 0.4) is 0 Å². The molecule has 37 heavy (non-hydrogen) atoms. The molecule has 3 aromatic carbocycles. The molecular weight excluding hydrogens is 500 g/mol. The molecule has 12 nitrogen and oxygen atoms in total. The molecule has 0 bridgehead atoms. The van der Waals surface area contributed by atoms with Crippen LogP contribution in [-0.4, -0.2) is 41.9 Å². The number of urea groups is 1. The van der Waals surface area contributed by atoms with E-state index in [0.717, 1.165) is 0 Å². The van der Waals surface area contributed by atoms with Crippen LogP contribution in [0.2, 0.25) is 0 Å². The molecular formula is C24H20N6O6S. The van der Waals surface area contributed by atoms with Gasteiger partial charge in [-0.2, -0.15) is 5.10 Å². The summed E-state index contributed by atoms with van der Waals surface area (Å²) in [6.07, 6.45) is 1.17. The van der Waals surface area contributed by atoms with Gasteiger partial charge in [0.1, 0.15) is 11.5 Å². The number of ether oxygens (including phenoxy) is 2. The Kier molecular flexibility index (Phi) is 7.54. The highest BCUT2D eigenvalue weighted by Gasteiger charge is 2.29. The van der Waals surface area contributed by atoms with Crippen LogP contribution in [0.4, 0.5) is 27.5 Å². The number of hydrogen-bond acceptors (Lipinski definition) is 8. The molecule has 3 N–H and O–H groups in total. The van der Waals surface area contributed by atoms with Gasteiger partial charge in [-0.3, -0.25) is 19.8 Å². The van der Waals surface area contributed by atoms with E-state index in [1.54, 1.807) is 36.4 Å². The number of carbonyl (C=O) groups is 2. The maximum absolute atomic E-state index is 12.6. The number of nitro groups is 1. The molecule has 4 rings (SSSR count). The number of hydrazone groups is 1.